The number of hydrogen-bond donors (Lipinski definition) is 1. The molecule has 4 heteroatoms. The van der Waals surface area contributed by atoms with Gasteiger partial charge in [0.15, 0.2) is 0 Å². The third-order valence-electron chi connectivity index (χ3n) is 3.07. The fourth-order valence-corrected chi connectivity index (χ4v) is 2.97. The Morgan fingerprint density at radius 1 is 1.32 bits per heavy atom. The summed E-state index contributed by atoms with van der Waals surface area (Å²) in [7, 11) is 0. The molecule has 0 spiro atoms. The van der Waals surface area contributed by atoms with Crippen LogP contribution in [-0.4, -0.2) is 6.54 Å². The molecule has 0 unspecified atom stereocenters. The smallest absolute Gasteiger partial charge is 0.141 e. The van der Waals surface area contributed by atoms with Gasteiger partial charge in [0.25, 0.3) is 0 Å². The maximum absolute atomic E-state index is 13.0. The largest absolute Gasteiger partial charge is 0.312 e. The van der Waals surface area contributed by atoms with Gasteiger partial charge in [-0.1, -0.05) is 37.6 Å². The van der Waals surface area contributed by atoms with Gasteiger partial charge < -0.3 is 5.32 Å². The highest BCUT2D eigenvalue weighted by atomic mass is 35.5. The van der Waals surface area contributed by atoms with E-state index in [1.807, 2.05) is 0 Å². The lowest BCUT2D eigenvalue weighted by Crippen LogP contribution is -2.31. The van der Waals surface area contributed by atoms with Crippen LogP contribution in [0.15, 0.2) is 35.7 Å². The van der Waals surface area contributed by atoms with Crippen molar-refractivity contribution in [2.45, 2.75) is 25.8 Å². The van der Waals surface area contributed by atoms with E-state index in [0.29, 0.717) is 6.54 Å². The molecule has 1 aromatic carbocycles. The number of hydrogen-bond acceptors (Lipinski definition) is 2. The molecule has 0 aliphatic carbocycles. The van der Waals surface area contributed by atoms with Crippen LogP contribution in [0, 0.1) is 5.82 Å². The van der Waals surface area contributed by atoms with Gasteiger partial charge in [0.2, 0.25) is 0 Å². The number of thiophene rings is 1. The Morgan fingerprint density at radius 3 is 2.74 bits per heavy atom. The Balaban J connectivity index is 1.91. The molecule has 2 aromatic rings. The van der Waals surface area contributed by atoms with E-state index in [9.17, 15) is 4.39 Å². The molecule has 0 saturated carbocycles. The second-order valence-electron chi connectivity index (χ2n) is 5.21. The van der Waals surface area contributed by atoms with Gasteiger partial charge in [0, 0.05) is 23.4 Å². The first-order valence-electron chi connectivity index (χ1n) is 6.18. The predicted octanol–water partition coefficient (Wildman–Crippen LogP) is 4.61. The lowest BCUT2D eigenvalue weighted by molar-refractivity contribution is 0.476. The van der Waals surface area contributed by atoms with Crippen LogP contribution in [0.2, 0.25) is 5.02 Å². The molecule has 0 amide bonds. The third kappa shape index (κ3) is 3.78. The average Bonchev–Trinajstić information content (AvgIpc) is 2.88. The van der Waals surface area contributed by atoms with Crippen LogP contribution in [-0.2, 0) is 12.0 Å². The van der Waals surface area contributed by atoms with Gasteiger partial charge in [-0.2, -0.15) is 0 Å². The van der Waals surface area contributed by atoms with E-state index in [-0.39, 0.29) is 16.3 Å². The van der Waals surface area contributed by atoms with Crippen molar-refractivity contribution in [1.82, 2.24) is 5.32 Å². The number of rotatable bonds is 5. The summed E-state index contributed by atoms with van der Waals surface area (Å²) >= 11 is 7.53. The van der Waals surface area contributed by atoms with Crippen LogP contribution in [0.25, 0.3) is 0 Å². The van der Waals surface area contributed by atoms with Gasteiger partial charge in [-0.05, 0) is 29.1 Å². The maximum Gasteiger partial charge on any atom is 0.141 e. The van der Waals surface area contributed by atoms with Gasteiger partial charge in [-0.15, -0.1) is 11.3 Å². The molecular formula is C15H17ClFNS. The van der Waals surface area contributed by atoms with E-state index in [1.165, 1.54) is 10.9 Å². The van der Waals surface area contributed by atoms with Gasteiger partial charge in [0.1, 0.15) is 5.82 Å². The van der Waals surface area contributed by atoms with E-state index in [1.54, 1.807) is 23.5 Å². The van der Waals surface area contributed by atoms with Gasteiger partial charge in [-0.25, -0.2) is 4.39 Å². The highest BCUT2D eigenvalue weighted by Gasteiger charge is 2.20. The second kappa shape index (κ2) is 6.04. The number of halogens is 2. The van der Waals surface area contributed by atoms with Crippen molar-refractivity contribution in [2.24, 2.45) is 0 Å². The second-order valence-corrected chi connectivity index (χ2v) is 6.57. The molecular weight excluding hydrogens is 281 g/mol. The fraction of sp³-hybridized carbons (Fsp3) is 0.333. The zero-order chi connectivity index (χ0) is 13.9. The molecule has 0 aliphatic rings. The minimum absolute atomic E-state index is 0.0952. The van der Waals surface area contributed by atoms with Gasteiger partial charge in [0.05, 0.1) is 5.02 Å². The van der Waals surface area contributed by atoms with Crippen LogP contribution >= 0.6 is 22.9 Å². The van der Waals surface area contributed by atoms with E-state index in [2.05, 4.69) is 36.7 Å². The quantitative estimate of drug-likeness (QED) is 0.850. The normalized spacial score (nSPS) is 11.8. The lowest BCUT2D eigenvalue weighted by atomic mass is 9.91. The summed E-state index contributed by atoms with van der Waals surface area (Å²) in [5.41, 5.74) is 1.09. The molecule has 0 bridgehead atoms. The Hall–Kier alpha value is -0.900. The van der Waals surface area contributed by atoms with Crippen LogP contribution in [0.3, 0.4) is 0 Å². The first kappa shape index (κ1) is 14.5. The van der Waals surface area contributed by atoms with Crippen LogP contribution in [0.1, 0.15) is 24.3 Å². The predicted molar refractivity (Wildman–Crippen MR) is 80.5 cm³/mol. The van der Waals surface area contributed by atoms with E-state index < -0.39 is 0 Å². The molecule has 102 valence electrons. The SMILES string of the molecule is CC(C)(CNCc1ccc(F)c(Cl)c1)c1cccs1. The number of nitrogens with one attached hydrogen (secondary N) is 1. The Labute approximate surface area is 122 Å². The van der Waals surface area contributed by atoms with Crippen molar-refractivity contribution in [1.29, 1.82) is 0 Å². The fourth-order valence-electron chi connectivity index (χ4n) is 1.92. The number of benzene rings is 1. The third-order valence-corrected chi connectivity index (χ3v) is 4.59. The molecule has 1 N–H and O–H groups in total. The Kier molecular flexibility index (Phi) is 4.61. The molecule has 0 atom stereocenters. The Bertz CT molecular complexity index is 537. The zero-order valence-corrected chi connectivity index (χ0v) is 12.6. The Morgan fingerprint density at radius 2 is 2.11 bits per heavy atom. The van der Waals surface area contributed by atoms with Crippen molar-refractivity contribution in [3.8, 4) is 0 Å². The summed E-state index contributed by atoms with van der Waals surface area (Å²) in [5, 5.41) is 5.67. The maximum atomic E-state index is 13.0. The zero-order valence-electron chi connectivity index (χ0n) is 11.0. The molecule has 19 heavy (non-hydrogen) atoms. The highest BCUT2D eigenvalue weighted by Crippen LogP contribution is 2.26. The van der Waals surface area contributed by atoms with Crippen molar-refractivity contribution in [3.05, 3.63) is 57.0 Å². The summed E-state index contributed by atoms with van der Waals surface area (Å²) in [6, 6.07) is 9.06. The van der Waals surface area contributed by atoms with Crippen LogP contribution < -0.4 is 5.32 Å². The molecule has 0 saturated heterocycles. The van der Waals surface area contributed by atoms with E-state index in [4.69, 9.17) is 11.6 Å². The van der Waals surface area contributed by atoms with Crippen molar-refractivity contribution < 1.29 is 4.39 Å². The minimum Gasteiger partial charge on any atom is -0.312 e. The lowest BCUT2D eigenvalue weighted by Gasteiger charge is -2.23. The molecule has 0 aliphatic heterocycles. The molecule has 0 fully saturated rings. The average molecular weight is 298 g/mol. The van der Waals surface area contributed by atoms with E-state index >= 15 is 0 Å². The summed E-state index contributed by atoms with van der Waals surface area (Å²) in [4.78, 5) is 1.36. The molecule has 1 heterocycles. The molecule has 1 aromatic heterocycles. The molecule has 0 radical (unpaired) electrons. The monoisotopic (exact) mass is 297 g/mol. The highest BCUT2D eigenvalue weighted by molar-refractivity contribution is 7.10. The summed E-state index contributed by atoms with van der Waals surface area (Å²) in [5.74, 6) is -0.371. The molecule has 2 rings (SSSR count). The standard InChI is InChI=1S/C15H17ClFNS/c1-15(2,14-4-3-7-19-14)10-18-9-11-5-6-13(17)12(16)8-11/h3-8,18H,9-10H2,1-2H3. The van der Waals surface area contributed by atoms with E-state index in [0.717, 1.165) is 12.1 Å². The van der Waals surface area contributed by atoms with Gasteiger partial charge in [-0.3, -0.25) is 0 Å². The van der Waals surface area contributed by atoms with Crippen molar-refractivity contribution in [3.63, 3.8) is 0 Å². The van der Waals surface area contributed by atoms with Crippen molar-refractivity contribution >= 4 is 22.9 Å². The first-order chi connectivity index (χ1) is 8.99. The van der Waals surface area contributed by atoms with Crippen molar-refractivity contribution in [2.75, 3.05) is 6.54 Å². The molecule has 1 nitrogen and oxygen atoms in total. The van der Waals surface area contributed by atoms with Crippen LogP contribution in [0.4, 0.5) is 4.39 Å². The summed E-state index contributed by atoms with van der Waals surface area (Å²) in [6.07, 6.45) is 0. The first-order valence-corrected chi connectivity index (χ1v) is 7.43. The van der Waals surface area contributed by atoms with Gasteiger partial charge >= 0.3 is 0 Å². The summed E-state index contributed by atoms with van der Waals surface area (Å²) < 4.78 is 13.0. The topological polar surface area (TPSA) is 12.0 Å². The van der Waals surface area contributed by atoms with Crippen LogP contribution in [0.5, 0.6) is 0 Å². The minimum atomic E-state index is -0.371. The summed E-state index contributed by atoms with van der Waals surface area (Å²) in [6.45, 7) is 5.98.